The number of hydrogen-bond donors (Lipinski definition) is 0. The van der Waals surface area contributed by atoms with Crippen LogP contribution in [-0.4, -0.2) is 41.6 Å². The summed E-state index contributed by atoms with van der Waals surface area (Å²) in [5.41, 5.74) is 6.06. The molecule has 1 amide bonds. The van der Waals surface area contributed by atoms with E-state index in [0.717, 1.165) is 55.3 Å². The first-order valence-corrected chi connectivity index (χ1v) is 10.8. The van der Waals surface area contributed by atoms with Crippen molar-refractivity contribution in [3.05, 3.63) is 78.0 Å². The standard InChI is InChI=1S/C26H26N2O2/c29-26(25-6-3-15-30-25)28-13-11-20(12-14-28)16-19-7-9-21(10-8-19)23-17-22-4-1-2-5-24(22)27-18-23/h1-2,4-5,7-11,17-18,25H,3,6,12-16H2/t25-/m1/s1. The molecule has 30 heavy (non-hydrogen) atoms. The summed E-state index contributed by atoms with van der Waals surface area (Å²) in [5.74, 6) is 0.163. The summed E-state index contributed by atoms with van der Waals surface area (Å²) in [6, 6.07) is 19.2. The van der Waals surface area contributed by atoms with Crippen LogP contribution in [0.4, 0.5) is 0 Å². The molecule has 2 aliphatic rings. The second-order valence-electron chi connectivity index (χ2n) is 8.19. The van der Waals surface area contributed by atoms with Gasteiger partial charge in [0.05, 0.1) is 5.52 Å². The molecule has 0 unspecified atom stereocenters. The molecular weight excluding hydrogens is 372 g/mol. The van der Waals surface area contributed by atoms with Crippen LogP contribution in [0.25, 0.3) is 22.0 Å². The van der Waals surface area contributed by atoms with Crippen LogP contribution in [-0.2, 0) is 16.0 Å². The molecule has 0 bridgehead atoms. The van der Waals surface area contributed by atoms with Gasteiger partial charge in [-0.25, -0.2) is 0 Å². The first-order chi connectivity index (χ1) is 14.8. The molecule has 4 nitrogen and oxygen atoms in total. The van der Waals surface area contributed by atoms with Gasteiger partial charge in [0, 0.05) is 36.8 Å². The van der Waals surface area contributed by atoms with E-state index in [9.17, 15) is 4.79 Å². The molecule has 1 fully saturated rings. The molecule has 0 aliphatic carbocycles. The third-order valence-corrected chi connectivity index (χ3v) is 6.13. The lowest BCUT2D eigenvalue weighted by Crippen LogP contribution is -2.41. The number of para-hydroxylation sites is 1. The monoisotopic (exact) mass is 398 g/mol. The zero-order chi connectivity index (χ0) is 20.3. The van der Waals surface area contributed by atoms with Gasteiger partial charge in [-0.15, -0.1) is 0 Å². The Labute approximate surface area is 177 Å². The van der Waals surface area contributed by atoms with Crippen molar-refractivity contribution in [1.29, 1.82) is 0 Å². The van der Waals surface area contributed by atoms with E-state index in [4.69, 9.17) is 4.74 Å². The number of carbonyl (C=O) groups excluding carboxylic acids is 1. The Balaban J connectivity index is 1.23. The number of hydrogen-bond acceptors (Lipinski definition) is 3. The van der Waals surface area contributed by atoms with Crippen LogP contribution in [0.5, 0.6) is 0 Å². The van der Waals surface area contributed by atoms with E-state index >= 15 is 0 Å². The van der Waals surface area contributed by atoms with Crippen molar-refractivity contribution >= 4 is 16.8 Å². The molecule has 1 atom stereocenters. The average molecular weight is 399 g/mol. The SMILES string of the molecule is O=C([C@H]1CCCO1)N1CC=C(Cc2ccc(-c3cnc4ccccc4c3)cc2)CC1. The van der Waals surface area contributed by atoms with Crippen LogP contribution in [0, 0.1) is 0 Å². The normalized spacial score (nSPS) is 19.1. The Bertz CT molecular complexity index is 1080. The quantitative estimate of drug-likeness (QED) is 0.594. The predicted octanol–water partition coefficient (Wildman–Crippen LogP) is 4.78. The minimum Gasteiger partial charge on any atom is -0.368 e. The highest BCUT2D eigenvalue weighted by atomic mass is 16.5. The van der Waals surface area contributed by atoms with Crippen LogP contribution < -0.4 is 0 Å². The average Bonchev–Trinajstić information content (AvgIpc) is 3.34. The van der Waals surface area contributed by atoms with Gasteiger partial charge in [0.15, 0.2) is 0 Å². The molecule has 0 radical (unpaired) electrons. The Hall–Kier alpha value is -2.98. The summed E-state index contributed by atoms with van der Waals surface area (Å²) < 4.78 is 5.55. The van der Waals surface area contributed by atoms with E-state index in [1.807, 2.05) is 29.3 Å². The van der Waals surface area contributed by atoms with Crippen molar-refractivity contribution in [3.63, 3.8) is 0 Å². The molecule has 1 saturated heterocycles. The molecule has 2 aliphatic heterocycles. The molecule has 4 heteroatoms. The third kappa shape index (κ3) is 4.01. The summed E-state index contributed by atoms with van der Waals surface area (Å²) in [4.78, 5) is 19.0. The second kappa shape index (κ2) is 8.41. The lowest BCUT2D eigenvalue weighted by atomic mass is 9.97. The molecule has 3 heterocycles. The van der Waals surface area contributed by atoms with Gasteiger partial charge in [-0.2, -0.15) is 0 Å². The number of nitrogens with zero attached hydrogens (tertiary/aromatic N) is 2. The summed E-state index contributed by atoms with van der Waals surface area (Å²) in [6.07, 6.45) is 7.70. The number of amides is 1. The molecule has 0 saturated carbocycles. The number of carbonyl (C=O) groups is 1. The van der Waals surface area contributed by atoms with E-state index in [1.165, 1.54) is 16.7 Å². The maximum Gasteiger partial charge on any atom is 0.251 e. The summed E-state index contributed by atoms with van der Waals surface area (Å²) in [6.45, 7) is 2.22. The van der Waals surface area contributed by atoms with Crippen LogP contribution in [0.15, 0.2) is 72.4 Å². The van der Waals surface area contributed by atoms with Gasteiger partial charge in [0.1, 0.15) is 6.10 Å². The fraction of sp³-hybridized carbons (Fsp3) is 0.308. The van der Waals surface area contributed by atoms with Crippen molar-refractivity contribution in [3.8, 4) is 11.1 Å². The highest BCUT2D eigenvalue weighted by Gasteiger charge is 2.28. The lowest BCUT2D eigenvalue weighted by molar-refractivity contribution is -0.140. The lowest BCUT2D eigenvalue weighted by Gasteiger charge is -2.28. The number of ether oxygens (including phenoxy) is 1. The molecule has 0 N–H and O–H groups in total. The molecule has 152 valence electrons. The fourth-order valence-corrected chi connectivity index (χ4v) is 4.35. The van der Waals surface area contributed by atoms with Crippen molar-refractivity contribution in [2.75, 3.05) is 19.7 Å². The number of fused-ring (bicyclic) bond motifs is 1. The van der Waals surface area contributed by atoms with Gasteiger partial charge >= 0.3 is 0 Å². The number of rotatable bonds is 4. The Morgan fingerprint density at radius 2 is 1.97 bits per heavy atom. The van der Waals surface area contributed by atoms with Crippen molar-refractivity contribution in [1.82, 2.24) is 9.88 Å². The van der Waals surface area contributed by atoms with E-state index in [1.54, 1.807) is 0 Å². The number of benzene rings is 2. The minimum absolute atomic E-state index is 0.163. The predicted molar refractivity (Wildman–Crippen MR) is 119 cm³/mol. The maximum atomic E-state index is 12.5. The van der Waals surface area contributed by atoms with Crippen molar-refractivity contribution in [2.24, 2.45) is 0 Å². The van der Waals surface area contributed by atoms with Gasteiger partial charge in [-0.3, -0.25) is 9.78 Å². The fourth-order valence-electron chi connectivity index (χ4n) is 4.35. The topological polar surface area (TPSA) is 42.4 Å². The Morgan fingerprint density at radius 3 is 2.73 bits per heavy atom. The second-order valence-corrected chi connectivity index (χ2v) is 8.19. The van der Waals surface area contributed by atoms with Gasteiger partial charge in [0.2, 0.25) is 0 Å². The molecule has 2 aromatic carbocycles. The van der Waals surface area contributed by atoms with E-state index in [2.05, 4.69) is 47.5 Å². The highest BCUT2D eigenvalue weighted by Crippen LogP contribution is 2.25. The van der Waals surface area contributed by atoms with Crippen LogP contribution >= 0.6 is 0 Å². The summed E-state index contributed by atoms with van der Waals surface area (Å²) >= 11 is 0. The van der Waals surface area contributed by atoms with Crippen molar-refractivity contribution in [2.45, 2.75) is 31.8 Å². The first-order valence-electron chi connectivity index (χ1n) is 10.8. The van der Waals surface area contributed by atoms with Gasteiger partial charge < -0.3 is 9.64 Å². The molecular formula is C26H26N2O2. The van der Waals surface area contributed by atoms with Crippen LogP contribution in [0.3, 0.4) is 0 Å². The van der Waals surface area contributed by atoms with Gasteiger partial charge in [-0.1, -0.05) is 54.1 Å². The zero-order valence-corrected chi connectivity index (χ0v) is 17.1. The number of aromatic nitrogens is 1. The first kappa shape index (κ1) is 19.0. The summed E-state index contributed by atoms with van der Waals surface area (Å²) in [7, 11) is 0. The smallest absolute Gasteiger partial charge is 0.251 e. The van der Waals surface area contributed by atoms with E-state index < -0.39 is 0 Å². The summed E-state index contributed by atoms with van der Waals surface area (Å²) in [5, 5.41) is 1.16. The van der Waals surface area contributed by atoms with Crippen LogP contribution in [0.1, 0.15) is 24.8 Å². The van der Waals surface area contributed by atoms with Gasteiger partial charge in [0.25, 0.3) is 5.91 Å². The Kier molecular flexibility index (Phi) is 5.33. The zero-order valence-electron chi connectivity index (χ0n) is 17.1. The van der Waals surface area contributed by atoms with Crippen LogP contribution in [0.2, 0.25) is 0 Å². The van der Waals surface area contributed by atoms with Gasteiger partial charge in [-0.05, 0) is 48.9 Å². The van der Waals surface area contributed by atoms with E-state index in [0.29, 0.717) is 6.54 Å². The minimum atomic E-state index is -0.211. The third-order valence-electron chi connectivity index (χ3n) is 6.13. The van der Waals surface area contributed by atoms with Crippen molar-refractivity contribution < 1.29 is 9.53 Å². The largest absolute Gasteiger partial charge is 0.368 e. The highest BCUT2D eigenvalue weighted by molar-refractivity contribution is 5.83. The molecule has 3 aromatic rings. The molecule has 0 spiro atoms. The molecule has 1 aromatic heterocycles. The maximum absolute atomic E-state index is 12.5. The molecule has 5 rings (SSSR count). The Morgan fingerprint density at radius 1 is 1.10 bits per heavy atom. The van der Waals surface area contributed by atoms with E-state index in [-0.39, 0.29) is 12.0 Å². The number of pyridine rings is 1.